The Morgan fingerprint density at radius 2 is 1.64 bits per heavy atom. The van der Waals surface area contributed by atoms with Gasteiger partial charge in [0.2, 0.25) is 11.6 Å². The quantitative estimate of drug-likeness (QED) is 0.675. The number of allylic oxidation sites excluding steroid dienone is 2. The lowest BCUT2D eigenvalue weighted by Crippen LogP contribution is -2.29. The molecule has 1 atom stereocenters. The fourth-order valence-corrected chi connectivity index (χ4v) is 3.68. The number of anilines is 2. The smallest absolute Gasteiger partial charge is 0.213 e. The number of hydrogen-bond acceptors (Lipinski definition) is 6. The van der Waals surface area contributed by atoms with Gasteiger partial charge >= 0.3 is 0 Å². The topological polar surface area (TPSA) is 82.5 Å². The van der Waals surface area contributed by atoms with Crippen molar-refractivity contribution in [3.05, 3.63) is 101 Å². The van der Waals surface area contributed by atoms with E-state index in [2.05, 4.69) is 10.3 Å². The first-order chi connectivity index (χ1) is 13.7. The molecule has 136 valence electrons. The molecule has 2 aliphatic rings. The highest BCUT2D eigenvalue weighted by atomic mass is 16.3. The molecule has 2 aromatic carbocycles. The number of aliphatic hydroxyl groups is 1. The van der Waals surface area contributed by atoms with Crippen molar-refractivity contribution in [3.8, 4) is 0 Å². The van der Waals surface area contributed by atoms with Crippen LogP contribution < -0.4 is 10.2 Å². The van der Waals surface area contributed by atoms with Crippen LogP contribution in [0.4, 0.5) is 11.4 Å². The molecule has 1 aromatic heterocycles. The molecular weight excluding hydrogens is 354 g/mol. The van der Waals surface area contributed by atoms with Gasteiger partial charge in [-0.05, 0) is 30.3 Å². The molecule has 0 radical (unpaired) electrons. The normalized spacial score (nSPS) is 18.7. The Labute approximate surface area is 160 Å². The zero-order chi connectivity index (χ0) is 19.3. The Balaban J connectivity index is 1.71. The lowest BCUT2D eigenvalue weighted by molar-refractivity contribution is 0.0997. The lowest BCUT2D eigenvalue weighted by Gasteiger charge is -2.27. The number of ketones is 2. The maximum atomic E-state index is 13.2. The number of para-hydroxylation sites is 2. The highest BCUT2D eigenvalue weighted by Crippen LogP contribution is 2.43. The summed E-state index contributed by atoms with van der Waals surface area (Å²) in [5.41, 5.74) is 2.98. The van der Waals surface area contributed by atoms with Crippen molar-refractivity contribution < 1.29 is 14.7 Å². The van der Waals surface area contributed by atoms with Crippen LogP contribution in [-0.2, 0) is 0 Å². The summed E-state index contributed by atoms with van der Waals surface area (Å²) < 4.78 is 0. The van der Waals surface area contributed by atoms with E-state index in [9.17, 15) is 14.7 Å². The summed E-state index contributed by atoms with van der Waals surface area (Å²) in [6.07, 6.45) is 1.98. The van der Waals surface area contributed by atoms with Crippen molar-refractivity contribution in [1.29, 1.82) is 0 Å². The zero-order valence-electron chi connectivity index (χ0n) is 14.7. The Hall–Kier alpha value is -3.77. The van der Waals surface area contributed by atoms with Crippen LogP contribution in [-0.4, -0.2) is 21.7 Å². The third-order valence-corrected chi connectivity index (χ3v) is 4.99. The van der Waals surface area contributed by atoms with Crippen LogP contribution in [0.1, 0.15) is 32.5 Å². The van der Waals surface area contributed by atoms with Crippen LogP contribution in [0.5, 0.6) is 0 Å². The summed E-state index contributed by atoms with van der Waals surface area (Å²) in [6, 6.07) is 17.5. The Kier molecular flexibility index (Phi) is 3.60. The number of carbonyl (C=O) groups is 2. The van der Waals surface area contributed by atoms with Crippen LogP contribution >= 0.6 is 0 Å². The van der Waals surface area contributed by atoms with Crippen LogP contribution in [0, 0.1) is 0 Å². The third-order valence-electron chi connectivity index (χ3n) is 4.99. The predicted octanol–water partition coefficient (Wildman–Crippen LogP) is 3.30. The largest absolute Gasteiger partial charge is 0.369 e. The molecule has 0 aliphatic carbocycles. The van der Waals surface area contributed by atoms with E-state index in [1.54, 1.807) is 60.8 Å². The number of aromatic nitrogens is 1. The van der Waals surface area contributed by atoms with Crippen LogP contribution in [0.3, 0.4) is 0 Å². The summed E-state index contributed by atoms with van der Waals surface area (Å²) in [6.45, 7) is 0. The highest BCUT2D eigenvalue weighted by Gasteiger charge is 2.42. The molecule has 0 spiro atoms. The molecule has 3 aromatic rings. The maximum absolute atomic E-state index is 13.2. The van der Waals surface area contributed by atoms with Crippen molar-refractivity contribution >= 4 is 22.9 Å². The molecule has 0 saturated carbocycles. The van der Waals surface area contributed by atoms with Gasteiger partial charge in [0.15, 0.2) is 6.23 Å². The molecule has 5 rings (SSSR count). The molecule has 6 heteroatoms. The van der Waals surface area contributed by atoms with E-state index in [4.69, 9.17) is 0 Å². The number of fused-ring (bicyclic) bond motifs is 2. The van der Waals surface area contributed by atoms with Gasteiger partial charge in [0, 0.05) is 34.8 Å². The molecule has 0 bridgehead atoms. The average Bonchev–Trinajstić information content (AvgIpc) is 3.23. The Morgan fingerprint density at radius 1 is 0.893 bits per heavy atom. The second-order valence-electron chi connectivity index (χ2n) is 6.60. The number of pyridine rings is 1. The van der Waals surface area contributed by atoms with Gasteiger partial charge in [0.1, 0.15) is 11.4 Å². The van der Waals surface area contributed by atoms with Gasteiger partial charge in [-0.2, -0.15) is 0 Å². The Morgan fingerprint density at radius 3 is 2.39 bits per heavy atom. The first kappa shape index (κ1) is 16.4. The van der Waals surface area contributed by atoms with Crippen LogP contribution in [0.2, 0.25) is 0 Å². The molecular formula is C22H15N3O3. The molecule has 6 nitrogen and oxygen atoms in total. The third kappa shape index (κ3) is 2.28. The van der Waals surface area contributed by atoms with Gasteiger partial charge in [-0.1, -0.05) is 30.3 Å². The minimum absolute atomic E-state index is 0.138. The lowest BCUT2D eigenvalue weighted by atomic mass is 10.1. The van der Waals surface area contributed by atoms with Crippen molar-refractivity contribution in [2.45, 2.75) is 6.23 Å². The van der Waals surface area contributed by atoms with Crippen LogP contribution in [0.15, 0.2) is 84.5 Å². The minimum atomic E-state index is -1.16. The fraction of sp³-hybridized carbons (Fsp3) is 0.0455. The minimum Gasteiger partial charge on any atom is -0.369 e. The van der Waals surface area contributed by atoms with E-state index in [0.29, 0.717) is 28.1 Å². The summed E-state index contributed by atoms with van der Waals surface area (Å²) in [4.78, 5) is 31.8. The van der Waals surface area contributed by atoms with Crippen molar-refractivity contribution in [3.63, 3.8) is 0 Å². The zero-order valence-corrected chi connectivity index (χ0v) is 14.7. The van der Waals surface area contributed by atoms with E-state index < -0.39 is 6.23 Å². The number of nitrogens with one attached hydrogen (secondary N) is 1. The standard InChI is InChI=1S/C22H15N3O3/c26-20-14-7-1-3-9-16(14)24-18(20)19-21(27)15-8-2-4-10-17(15)25(19)22(28)13-6-5-11-23-12-13/h1-12,22,24,28H/b19-18+. The molecule has 28 heavy (non-hydrogen) atoms. The van der Waals surface area contributed by atoms with Crippen molar-refractivity contribution in [2.24, 2.45) is 0 Å². The van der Waals surface area contributed by atoms with Gasteiger partial charge in [0.25, 0.3) is 0 Å². The second kappa shape index (κ2) is 6.14. The number of benzene rings is 2. The summed E-state index contributed by atoms with van der Waals surface area (Å²) in [5.74, 6) is -0.572. The maximum Gasteiger partial charge on any atom is 0.213 e. The first-order valence-electron chi connectivity index (χ1n) is 8.83. The molecule has 3 heterocycles. The molecule has 1 unspecified atom stereocenters. The molecule has 0 saturated heterocycles. The van der Waals surface area contributed by atoms with E-state index in [1.807, 2.05) is 6.07 Å². The van der Waals surface area contributed by atoms with E-state index in [-0.39, 0.29) is 23.0 Å². The average molecular weight is 369 g/mol. The number of Topliss-reactive ketones (excluding diaryl/α,β-unsaturated/α-hetero) is 2. The Bertz CT molecular complexity index is 1150. The summed E-state index contributed by atoms with van der Waals surface area (Å²) in [7, 11) is 0. The van der Waals surface area contributed by atoms with Gasteiger partial charge in [-0.3, -0.25) is 14.6 Å². The summed E-state index contributed by atoms with van der Waals surface area (Å²) >= 11 is 0. The molecule has 2 N–H and O–H groups in total. The van der Waals surface area contributed by atoms with E-state index >= 15 is 0 Å². The monoisotopic (exact) mass is 369 g/mol. The van der Waals surface area contributed by atoms with Gasteiger partial charge in [-0.25, -0.2) is 0 Å². The fourth-order valence-electron chi connectivity index (χ4n) is 3.68. The number of hydrogen-bond donors (Lipinski definition) is 2. The number of carbonyl (C=O) groups excluding carboxylic acids is 2. The number of aliphatic hydroxyl groups excluding tert-OH is 1. The van der Waals surface area contributed by atoms with Gasteiger partial charge in [0.05, 0.1) is 5.69 Å². The van der Waals surface area contributed by atoms with Crippen LogP contribution in [0.25, 0.3) is 0 Å². The number of nitrogens with zero attached hydrogens (tertiary/aromatic N) is 2. The van der Waals surface area contributed by atoms with Gasteiger partial charge < -0.3 is 15.3 Å². The SMILES string of the molecule is O=C1/C(=C2/C(=O)c3ccccc3N2C(O)c2cccnc2)Nc2ccccc21. The van der Waals surface area contributed by atoms with Crippen molar-refractivity contribution in [1.82, 2.24) is 4.98 Å². The van der Waals surface area contributed by atoms with Crippen molar-refractivity contribution in [2.75, 3.05) is 10.2 Å². The second-order valence-corrected chi connectivity index (χ2v) is 6.60. The molecule has 2 aliphatic heterocycles. The first-order valence-corrected chi connectivity index (χ1v) is 8.83. The number of rotatable bonds is 2. The summed E-state index contributed by atoms with van der Waals surface area (Å²) in [5, 5.41) is 14.1. The highest BCUT2D eigenvalue weighted by molar-refractivity contribution is 6.27. The van der Waals surface area contributed by atoms with E-state index in [0.717, 1.165) is 0 Å². The predicted molar refractivity (Wildman–Crippen MR) is 104 cm³/mol. The van der Waals surface area contributed by atoms with E-state index in [1.165, 1.54) is 11.1 Å². The molecule has 0 amide bonds. The van der Waals surface area contributed by atoms with Gasteiger partial charge in [-0.15, -0.1) is 0 Å². The molecule has 0 fully saturated rings.